The number of aliphatic imine (C=N–C) groups is 1. The molecule has 0 amide bonds. The van der Waals surface area contributed by atoms with Crippen molar-refractivity contribution in [1.29, 1.82) is 5.26 Å². The van der Waals surface area contributed by atoms with Gasteiger partial charge in [-0.25, -0.2) is 4.98 Å². The van der Waals surface area contributed by atoms with E-state index >= 15 is 0 Å². The van der Waals surface area contributed by atoms with Gasteiger partial charge in [0.2, 0.25) is 0 Å². The molecule has 2 atom stereocenters. The Balaban J connectivity index is 2.04. The quantitative estimate of drug-likeness (QED) is 0.769. The van der Waals surface area contributed by atoms with Crippen molar-refractivity contribution in [2.24, 2.45) is 4.99 Å². The zero-order chi connectivity index (χ0) is 15.2. The molecule has 2 aromatic heterocycles. The van der Waals surface area contributed by atoms with E-state index in [0.29, 0.717) is 6.54 Å². The Hall–Kier alpha value is -1.97. The van der Waals surface area contributed by atoms with Gasteiger partial charge in [0.05, 0.1) is 24.9 Å². The Morgan fingerprint density at radius 3 is 2.90 bits per heavy atom. The van der Waals surface area contributed by atoms with Crippen LogP contribution in [-0.4, -0.2) is 36.7 Å². The average Bonchev–Trinajstić information content (AvgIpc) is 3.10. The summed E-state index contributed by atoms with van der Waals surface area (Å²) >= 11 is 1.49. The summed E-state index contributed by atoms with van der Waals surface area (Å²) in [7, 11) is 3.96. The molecule has 110 valence electrons. The van der Waals surface area contributed by atoms with E-state index in [0.717, 1.165) is 16.5 Å². The van der Waals surface area contributed by atoms with E-state index in [1.807, 2.05) is 43.4 Å². The van der Waals surface area contributed by atoms with Crippen LogP contribution in [0.4, 0.5) is 0 Å². The molecule has 0 aliphatic heterocycles. The maximum absolute atomic E-state index is 9.24. The monoisotopic (exact) mass is 302 g/mol. The smallest absolute Gasteiger partial charge is 0.133 e. The summed E-state index contributed by atoms with van der Waals surface area (Å²) in [6, 6.07) is 6.10. The number of nitrogens with zero attached hydrogens (tertiary/aromatic N) is 4. The van der Waals surface area contributed by atoms with Crippen molar-refractivity contribution in [2.45, 2.75) is 18.9 Å². The number of rotatable bonds is 6. The van der Waals surface area contributed by atoms with E-state index in [4.69, 9.17) is 4.42 Å². The summed E-state index contributed by atoms with van der Waals surface area (Å²) in [6.45, 7) is 2.47. The van der Waals surface area contributed by atoms with Gasteiger partial charge in [-0.1, -0.05) is 0 Å². The molecule has 0 radical (unpaired) electrons. The van der Waals surface area contributed by atoms with Crippen LogP contribution in [0.15, 0.2) is 33.2 Å². The first-order valence-corrected chi connectivity index (χ1v) is 7.51. The molecule has 0 N–H and O–H groups in total. The number of thiazole rings is 1. The minimum absolute atomic E-state index is 0.0635. The van der Waals surface area contributed by atoms with E-state index in [9.17, 15) is 5.26 Å². The van der Waals surface area contributed by atoms with Crippen molar-refractivity contribution in [3.63, 3.8) is 0 Å². The minimum Gasteiger partial charge on any atom is -0.468 e. The molecule has 0 unspecified atom stereocenters. The molecular formula is C15H18N4OS. The molecule has 0 saturated carbocycles. The maximum Gasteiger partial charge on any atom is 0.133 e. The average molecular weight is 302 g/mol. The lowest BCUT2D eigenvalue weighted by atomic mass is 10.2. The standard InChI is InChI=1S/C15H18N4OS/c1-11-10-21-15(18-11)12(7-16)8-17-9-13(19(2)3)14-5-4-6-20-14/h4-6,8,10,12-13H,9H2,1-3H3/t12-,13+/m1/s1. The molecule has 2 heterocycles. The van der Waals surface area contributed by atoms with Gasteiger partial charge in [0.1, 0.15) is 16.7 Å². The predicted molar refractivity (Wildman–Crippen MR) is 83.7 cm³/mol. The lowest BCUT2D eigenvalue weighted by molar-refractivity contribution is 0.265. The molecular weight excluding hydrogens is 284 g/mol. The zero-order valence-electron chi connectivity index (χ0n) is 12.4. The third-order valence-corrected chi connectivity index (χ3v) is 4.12. The van der Waals surface area contributed by atoms with Gasteiger partial charge in [-0.3, -0.25) is 9.89 Å². The van der Waals surface area contributed by atoms with Crippen molar-refractivity contribution in [2.75, 3.05) is 20.6 Å². The van der Waals surface area contributed by atoms with Gasteiger partial charge in [0.15, 0.2) is 0 Å². The van der Waals surface area contributed by atoms with Gasteiger partial charge in [-0.15, -0.1) is 11.3 Å². The third-order valence-electron chi connectivity index (χ3n) is 3.07. The summed E-state index contributed by atoms with van der Waals surface area (Å²) in [5.41, 5.74) is 0.936. The second-order valence-electron chi connectivity index (χ2n) is 4.94. The third kappa shape index (κ3) is 4.00. The van der Waals surface area contributed by atoms with Crippen LogP contribution in [-0.2, 0) is 0 Å². The maximum atomic E-state index is 9.24. The molecule has 21 heavy (non-hydrogen) atoms. The highest BCUT2D eigenvalue weighted by Crippen LogP contribution is 2.20. The van der Waals surface area contributed by atoms with Crippen molar-refractivity contribution < 1.29 is 4.42 Å². The summed E-state index contributed by atoms with van der Waals surface area (Å²) in [5, 5.41) is 12.0. The fourth-order valence-electron chi connectivity index (χ4n) is 1.92. The lowest BCUT2D eigenvalue weighted by Crippen LogP contribution is -2.22. The summed E-state index contributed by atoms with van der Waals surface area (Å²) in [4.78, 5) is 10.8. The zero-order valence-corrected chi connectivity index (χ0v) is 13.2. The first-order chi connectivity index (χ1) is 10.1. The van der Waals surface area contributed by atoms with Crippen molar-refractivity contribution >= 4 is 17.6 Å². The Kier molecular flexibility index (Phi) is 5.26. The normalized spacial score (nSPS) is 14.4. The van der Waals surface area contributed by atoms with Crippen LogP contribution < -0.4 is 0 Å². The molecule has 0 spiro atoms. The molecule has 6 heteroatoms. The number of aryl methyl sites for hydroxylation is 1. The number of likely N-dealkylation sites (N-methyl/N-ethyl adjacent to an activating group) is 1. The number of hydrogen-bond donors (Lipinski definition) is 0. The van der Waals surface area contributed by atoms with Crippen LogP contribution in [0.5, 0.6) is 0 Å². The van der Waals surface area contributed by atoms with Crippen LogP contribution in [0, 0.1) is 18.3 Å². The first kappa shape index (κ1) is 15.4. The highest BCUT2D eigenvalue weighted by molar-refractivity contribution is 7.09. The molecule has 0 bridgehead atoms. The predicted octanol–water partition coefficient (Wildman–Crippen LogP) is 3.03. The Bertz CT molecular complexity index is 624. The first-order valence-electron chi connectivity index (χ1n) is 6.63. The topological polar surface area (TPSA) is 65.4 Å². The fraction of sp³-hybridized carbons (Fsp3) is 0.400. The summed E-state index contributed by atoms with van der Waals surface area (Å²) in [5.74, 6) is 0.485. The SMILES string of the molecule is Cc1csc([C@H](C#N)C=NC[C@@H](c2ccco2)N(C)C)n1. The van der Waals surface area contributed by atoms with E-state index in [-0.39, 0.29) is 12.0 Å². The number of hydrogen-bond acceptors (Lipinski definition) is 6. The van der Waals surface area contributed by atoms with Crippen molar-refractivity contribution in [3.05, 3.63) is 40.2 Å². The second-order valence-corrected chi connectivity index (χ2v) is 5.83. The number of nitriles is 1. The number of furan rings is 1. The molecule has 0 aliphatic carbocycles. The molecule has 0 fully saturated rings. The molecule has 2 rings (SSSR count). The highest BCUT2D eigenvalue weighted by atomic mass is 32.1. The second kappa shape index (κ2) is 7.16. The minimum atomic E-state index is -0.386. The molecule has 0 aromatic carbocycles. The largest absolute Gasteiger partial charge is 0.468 e. The van der Waals surface area contributed by atoms with Gasteiger partial charge < -0.3 is 4.42 Å². The molecule has 2 aromatic rings. The van der Waals surface area contributed by atoms with E-state index < -0.39 is 0 Å². The number of aromatic nitrogens is 1. The Labute approximate surface area is 128 Å². The van der Waals surface area contributed by atoms with E-state index in [1.54, 1.807) is 12.5 Å². The van der Waals surface area contributed by atoms with E-state index in [1.165, 1.54) is 11.3 Å². The van der Waals surface area contributed by atoms with Crippen LogP contribution >= 0.6 is 11.3 Å². The van der Waals surface area contributed by atoms with Crippen LogP contribution in [0.3, 0.4) is 0 Å². The van der Waals surface area contributed by atoms with Crippen LogP contribution in [0.1, 0.15) is 28.4 Å². The summed E-state index contributed by atoms with van der Waals surface area (Å²) < 4.78 is 5.44. The lowest BCUT2D eigenvalue weighted by Gasteiger charge is -2.20. The van der Waals surface area contributed by atoms with Crippen LogP contribution in [0.25, 0.3) is 0 Å². The molecule has 5 nitrogen and oxygen atoms in total. The van der Waals surface area contributed by atoms with Crippen LogP contribution in [0.2, 0.25) is 0 Å². The van der Waals surface area contributed by atoms with Crippen molar-refractivity contribution in [1.82, 2.24) is 9.88 Å². The molecule has 0 aliphatic rings. The Morgan fingerprint density at radius 2 is 2.38 bits per heavy atom. The van der Waals surface area contributed by atoms with E-state index in [2.05, 4.69) is 16.0 Å². The fourth-order valence-corrected chi connectivity index (χ4v) is 2.72. The van der Waals surface area contributed by atoms with Crippen molar-refractivity contribution in [3.8, 4) is 6.07 Å². The molecule has 0 saturated heterocycles. The van der Waals surface area contributed by atoms with Gasteiger partial charge in [-0.2, -0.15) is 5.26 Å². The van der Waals surface area contributed by atoms with Gasteiger partial charge in [-0.05, 0) is 33.2 Å². The highest BCUT2D eigenvalue weighted by Gasteiger charge is 2.17. The van der Waals surface area contributed by atoms with Gasteiger partial charge in [0, 0.05) is 17.3 Å². The summed E-state index contributed by atoms with van der Waals surface area (Å²) in [6.07, 6.45) is 3.34. The Morgan fingerprint density at radius 1 is 1.57 bits per heavy atom. The van der Waals surface area contributed by atoms with Gasteiger partial charge in [0.25, 0.3) is 0 Å². The van der Waals surface area contributed by atoms with Gasteiger partial charge >= 0.3 is 0 Å².